The zero-order valence-electron chi connectivity index (χ0n) is 23.7. The van der Waals surface area contributed by atoms with E-state index in [1.165, 1.54) is 0 Å². The molecule has 1 N–H and O–H groups in total. The van der Waals surface area contributed by atoms with E-state index in [-0.39, 0.29) is 12.1 Å². The molecule has 1 atom stereocenters. The number of nitrogens with one attached hydrogen (secondary N) is 1. The molecule has 0 saturated heterocycles. The molecule has 41 heavy (non-hydrogen) atoms. The number of para-hydroxylation sites is 1. The zero-order valence-corrected chi connectivity index (χ0v) is 23.7. The predicted octanol–water partition coefficient (Wildman–Crippen LogP) is 6.69. The van der Waals surface area contributed by atoms with Gasteiger partial charge in [-0.15, -0.1) is 0 Å². The third-order valence-corrected chi connectivity index (χ3v) is 7.56. The number of benzene rings is 3. The molecule has 8 heteroatoms. The molecule has 0 bridgehead atoms. The van der Waals surface area contributed by atoms with Crippen molar-refractivity contribution < 1.29 is 14.3 Å². The van der Waals surface area contributed by atoms with E-state index in [1.807, 2.05) is 46.0 Å². The minimum absolute atomic E-state index is 0.223. The summed E-state index contributed by atoms with van der Waals surface area (Å²) in [4.78, 5) is 16.2. The summed E-state index contributed by atoms with van der Waals surface area (Å²) in [6, 6.07) is 27.4. The second kappa shape index (κ2) is 10.9. The van der Waals surface area contributed by atoms with E-state index < -0.39 is 0 Å². The van der Waals surface area contributed by atoms with Crippen LogP contribution in [0.2, 0.25) is 0 Å². The third kappa shape index (κ3) is 4.71. The summed E-state index contributed by atoms with van der Waals surface area (Å²) >= 11 is 0. The lowest BCUT2D eigenvalue weighted by Gasteiger charge is -2.31. The number of hydrogen-bond acceptors (Lipinski definition) is 4. The van der Waals surface area contributed by atoms with Crippen molar-refractivity contribution in [2.24, 2.45) is 0 Å². The Balaban J connectivity index is 1.52. The first kappa shape index (κ1) is 26.3. The van der Waals surface area contributed by atoms with Crippen molar-refractivity contribution in [3.05, 3.63) is 119 Å². The van der Waals surface area contributed by atoms with Gasteiger partial charge in [0.25, 0.3) is 0 Å². The van der Waals surface area contributed by atoms with Gasteiger partial charge in [-0.2, -0.15) is 5.10 Å². The number of carbonyl (C=O) groups is 1. The molecule has 0 spiro atoms. The summed E-state index contributed by atoms with van der Waals surface area (Å²) < 4.78 is 15.1. The standard InChI is InChI=1S/C33H33N5O3/c1-5-27-26-21-37(33(39)34-24-16-17-29(40-3)30(20-24)41-4)31(23-12-9-11-22(2)19-23)28-15-10-18-36(28)32(26)38(35-27)25-13-7-6-8-14-25/h6-20,31H,5,21H2,1-4H3,(H,34,39). The van der Waals surface area contributed by atoms with E-state index in [4.69, 9.17) is 14.6 Å². The molecular weight excluding hydrogens is 514 g/mol. The smallest absolute Gasteiger partial charge is 0.322 e. The summed E-state index contributed by atoms with van der Waals surface area (Å²) in [6.07, 6.45) is 2.80. The first-order valence-electron chi connectivity index (χ1n) is 13.7. The lowest BCUT2D eigenvalue weighted by atomic mass is 10.00. The van der Waals surface area contributed by atoms with Gasteiger partial charge in [-0.05, 0) is 55.3 Å². The van der Waals surface area contributed by atoms with Gasteiger partial charge in [0.15, 0.2) is 11.5 Å². The van der Waals surface area contributed by atoms with Gasteiger partial charge in [-0.1, -0.05) is 55.0 Å². The molecule has 5 aromatic rings. The summed E-state index contributed by atoms with van der Waals surface area (Å²) in [5.74, 6) is 2.10. The van der Waals surface area contributed by atoms with Crippen LogP contribution in [0.15, 0.2) is 91.1 Å². The molecule has 0 aliphatic carbocycles. The Labute approximate surface area is 239 Å². The van der Waals surface area contributed by atoms with Gasteiger partial charge in [-0.25, -0.2) is 9.48 Å². The normalized spacial score (nSPS) is 14.1. The van der Waals surface area contributed by atoms with Crippen molar-refractivity contribution in [3.8, 4) is 23.0 Å². The van der Waals surface area contributed by atoms with Crippen LogP contribution in [0, 0.1) is 6.92 Å². The molecule has 8 nitrogen and oxygen atoms in total. The second-order valence-electron chi connectivity index (χ2n) is 10.1. The van der Waals surface area contributed by atoms with E-state index in [9.17, 15) is 4.79 Å². The van der Waals surface area contributed by atoms with Crippen molar-refractivity contribution in [1.82, 2.24) is 19.2 Å². The number of carbonyl (C=O) groups excluding carboxylic acids is 1. The van der Waals surface area contributed by atoms with E-state index in [1.54, 1.807) is 26.4 Å². The topological polar surface area (TPSA) is 73.6 Å². The fourth-order valence-corrected chi connectivity index (χ4v) is 5.65. The Bertz CT molecular complexity index is 1710. The van der Waals surface area contributed by atoms with Gasteiger partial charge < -0.3 is 24.3 Å². The van der Waals surface area contributed by atoms with Crippen LogP contribution in [0.5, 0.6) is 11.5 Å². The molecule has 3 aromatic carbocycles. The maximum Gasteiger partial charge on any atom is 0.322 e. The van der Waals surface area contributed by atoms with Gasteiger partial charge in [0, 0.05) is 23.5 Å². The SMILES string of the molecule is CCc1nn(-c2ccccc2)c2c1CN(C(=O)Nc1ccc(OC)c(OC)c1)C(c1cccc(C)c1)c1cccn1-2. The fraction of sp³-hybridized carbons (Fsp3) is 0.212. The highest BCUT2D eigenvalue weighted by Gasteiger charge is 2.36. The van der Waals surface area contributed by atoms with Crippen LogP contribution in [0.1, 0.15) is 41.0 Å². The van der Waals surface area contributed by atoms with Crippen molar-refractivity contribution in [1.29, 1.82) is 0 Å². The number of aromatic nitrogens is 3. The lowest BCUT2D eigenvalue weighted by Crippen LogP contribution is -2.38. The highest BCUT2D eigenvalue weighted by atomic mass is 16.5. The summed E-state index contributed by atoms with van der Waals surface area (Å²) in [5.41, 5.74) is 6.71. The number of nitrogens with zero attached hydrogens (tertiary/aromatic N) is 4. The number of amides is 2. The zero-order chi connectivity index (χ0) is 28.5. The lowest BCUT2D eigenvalue weighted by molar-refractivity contribution is 0.194. The first-order valence-corrected chi connectivity index (χ1v) is 13.7. The Morgan fingerprint density at radius 1 is 0.951 bits per heavy atom. The van der Waals surface area contributed by atoms with Crippen molar-refractivity contribution in [2.75, 3.05) is 19.5 Å². The maximum absolute atomic E-state index is 14.3. The summed E-state index contributed by atoms with van der Waals surface area (Å²) in [7, 11) is 3.17. The Kier molecular flexibility index (Phi) is 6.97. The summed E-state index contributed by atoms with van der Waals surface area (Å²) in [6.45, 7) is 4.56. The first-order chi connectivity index (χ1) is 20.0. The Morgan fingerprint density at radius 3 is 2.49 bits per heavy atom. The second-order valence-corrected chi connectivity index (χ2v) is 10.1. The Hall–Kier alpha value is -4.98. The number of fused-ring (bicyclic) bond motifs is 3. The van der Waals surface area contributed by atoms with Crippen LogP contribution in [0.4, 0.5) is 10.5 Å². The van der Waals surface area contributed by atoms with Crippen LogP contribution in [-0.2, 0) is 13.0 Å². The maximum atomic E-state index is 14.3. The quantitative estimate of drug-likeness (QED) is 0.257. The monoisotopic (exact) mass is 547 g/mol. The van der Waals surface area contributed by atoms with Crippen molar-refractivity contribution >= 4 is 11.7 Å². The van der Waals surface area contributed by atoms with Gasteiger partial charge in [0.1, 0.15) is 5.82 Å². The van der Waals surface area contributed by atoms with E-state index in [2.05, 4.69) is 66.3 Å². The number of ether oxygens (including phenoxy) is 2. The fourth-order valence-electron chi connectivity index (χ4n) is 5.65. The minimum Gasteiger partial charge on any atom is -0.493 e. The molecular formula is C33H33N5O3. The van der Waals surface area contributed by atoms with Gasteiger partial charge >= 0.3 is 6.03 Å². The molecule has 2 amide bonds. The Morgan fingerprint density at radius 2 is 1.76 bits per heavy atom. The number of methoxy groups -OCH3 is 2. The average Bonchev–Trinajstić information content (AvgIpc) is 3.58. The molecule has 0 fully saturated rings. The van der Waals surface area contributed by atoms with Crippen LogP contribution in [0.3, 0.4) is 0 Å². The summed E-state index contributed by atoms with van der Waals surface area (Å²) in [5, 5.41) is 8.16. The molecule has 0 saturated carbocycles. The third-order valence-electron chi connectivity index (χ3n) is 7.56. The molecule has 1 aliphatic heterocycles. The molecule has 208 valence electrons. The molecule has 1 aliphatic rings. The average molecular weight is 548 g/mol. The number of urea groups is 1. The van der Waals surface area contributed by atoms with E-state index >= 15 is 0 Å². The highest BCUT2D eigenvalue weighted by Crippen LogP contribution is 2.39. The highest BCUT2D eigenvalue weighted by molar-refractivity contribution is 5.90. The minimum atomic E-state index is -0.341. The number of anilines is 1. The molecule has 1 unspecified atom stereocenters. The number of rotatable bonds is 6. The van der Waals surface area contributed by atoms with Gasteiger partial charge in [-0.3, -0.25) is 0 Å². The van der Waals surface area contributed by atoms with Crippen LogP contribution in [-0.4, -0.2) is 39.5 Å². The van der Waals surface area contributed by atoms with Crippen LogP contribution in [0.25, 0.3) is 11.5 Å². The van der Waals surface area contributed by atoms with Gasteiger partial charge in [0.05, 0.1) is 43.9 Å². The van der Waals surface area contributed by atoms with Gasteiger partial charge in [0.2, 0.25) is 0 Å². The number of hydrogen-bond donors (Lipinski definition) is 1. The van der Waals surface area contributed by atoms with E-state index in [0.29, 0.717) is 23.7 Å². The van der Waals surface area contributed by atoms with Crippen LogP contribution < -0.4 is 14.8 Å². The number of aryl methyl sites for hydroxylation is 2. The van der Waals surface area contributed by atoms with E-state index in [0.717, 1.165) is 46.0 Å². The van der Waals surface area contributed by atoms with Crippen LogP contribution >= 0.6 is 0 Å². The molecule has 0 radical (unpaired) electrons. The van der Waals surface area contributed by atoms with Crippen molar-refractivity contribution in [2.45, 2.75) is 32.9 Å². The molecule has 3 heterocycles. The molecule has 2 aromatic heterocycles. The molecule has 6 rings (SSSR count). The van der Waals surface area contributed by atoms with Crippen molar-refractivity contribution in [3.63, 3.8) is 0 Å². The predicted molar refractivity (Wildman–Crippen MR) is 159 cm³/mol. The largest absolute Gasteiger partial charge is 0.493 e.